The van der Waals surface area contributed by atoms with Gasteiger partial charge in [-0.2, -0.15) is 0 Å². The molecule has 0 aliphatic carbocycles. The molecule has 5 heteroatoms. The van der Waals surface area contributed by atoms with E-state index in [0.29, 0.717) is 11.7 Å². The van der Waals surface area contributed by atoms with Gasteiger partial charge < -0.3 is 4.74 Å². The van der Waals surface area contributed by atoms with Gasteiger partial charge in [-0.3, -0.25) is 10.7 Å². The third-order valence-corrected chi connectivity index (χ3v) is 2.28. The second-order valence-corrected chi connectivity index (χ2v) is 3.77. The number of nitrogens with two attached hydrogens (primary N) is 1. The molecule has 0 fully saturated rings. The summed E-state index contributed by atoms with van der Waals surface area (Å²) < 4.78 is 5.24. The first-order chi connectivity index (χ1) is 7.17. The average molecular weight is 230 g/mol. The van der Waals surface area contributed by atoms with Crippen LogP contribution >= 0.6 is 11.6 Å². The molecule has 0 atom stereocenters. The second kappa shape index (κ2) is 5.92. The zero-order valence-corrected chi connectivity index (χ0v) is 9.71. The van der Waals surface area contributed by atoms with Crippen LogP contribution in [0.1, 0.15) is 5.56 Å². The van der Waals surface area contributed by atoms with Gasteiger partial charge in [0.05, 0.1) is 13.8 Å². The van der Waals surface area contributed by atoms with Crippen LogP contribution in [-0.4, -0.2) is 25.7 Å². The minimum Gasteiger partial charge on any atom is -0.496 e. The molecule has 0 saturated heterocycles. The van der Waals surface area contributed by atoms with E-state index < -0.39 is 0 Å². The van der Waals surface area contributed by atoms with Gasteiger partial charge in [0.25, 0.3) is 0 Å². The molecule has 0 unspecified atom stereocenters. The number of halogens is 1. The summed E-state index contributed by atoms with van der Waals surface area (Å²) in [6.45, 7) is 1.34. The molecule has 1 rings (SSSR count). The maximum Gasteiger partial charge on any atom is 0.123 e. The molecule has 4 nitrogen and oxygen atoms in total. The summed E-state index contributed by atoms with van der Waals surface area (Å²) in [5.41, 5.74) is 3.64. The van der Waals surface area contributed by atoms with Gasteiger partial charge in [0, 0.05) is 17.1 Å². The Bertz CT molecular complexity index is 320. The fourth-order valence-corrected chi connectivity index (χ4v) is 1.57. The van der Waals surface area contributed by atoms with Gasteiger partial charge in [-0.25, -0.2) is 5.43 Å². The second-order valence-electron chi connectivity index (χ2n) is 3.33. The molecule has 3 N–H and O–H groups in total. The summed E-state index contributed by atoms with van der Waals surface area (Å²) in [6.07, 6.45) is 0. The Morgan fingerprint density at radius 1 is 1.53 bits per heavy atom. The lowest BCUT2D eigenvalue weighted by atomic mass is 10.2. The smallest absolute Gasteiger partial charge is 0.123 e. The van der Waals surface area contributed by atoms with Gasteiger partial charge in [-0.05, 0) is 25.2 Å². The largest absolute Gasteiger partial charge is 0.496 e. The van der Waals surface area contributed by atoms with E-state index in [-0.39, 0.29) is 0 Å². The van der Waals surface area contributed by atoms with Crippen molar-refractivity contribution in [2.45, 2.75) is 6.54 Å². The van der Waals surface area contributed by atoms with Crippen molar-refractivity contribution >= 4 is 11.6 Å². The van der Waals surface area contributed by atoms with Gasteiger partial charge in [0.2, 0.25) is 0 Å². The van der Waals surface area contributed by atoms with Gasteiger partial charge in [-0.15, -0.1) is 0 Å². The van der Waals surface area contributed by atoms with Crippen LogP contribution in [0.5, 0.6) is 5.75 Å². The highest BCUT2D eigenvalue weighted by molar-refractivity contribution is 6.30. The van der Waals surface area contributed by atoms with E-state index in [4.69, 9.17) is 22.2 Å². The molecule has 0 bridgehead atoms. The summed E-state index contributed by atoms with van der Waals surface area (Å²) >= 11 is 5.92. The number of nitrogens with one attached hydrogen (secondary N) is 1. The zero-order valence-electron chi connectivity index (χ0n) is 8.96. The van der Waals surface area contributed by atoms with Crippen LogP contribution in [0, 0.1) is 0 Å². The van der Waals surface area contributed by atoms with Crippen molar-refractivity contribution in [1.82, 2.24) is 10.3 Å². The number of benzene rings is 1. The number of methoxy groups -OCH3 is 1. The molecular weight excluding hydrogens is 214 g/mol. The Hall–Kier alpha value is -0.810. The van der Waals surface area contributed by atoms with Gasteiger partial charge >= 0.3 is 0 Å². The van der Waals surface area contributed by atoms with Crippen LogP contribution in [0.4, 0.5) is 0 Å². The molecule has 0 aromatic heterocycles. The minimum atomic E-state index is 0.607. The van der Waals surface area contributed by atoms with Crippen molar-refractivity contribution in [3.8, 4) is 5.75 Å². The van der Waals surface area contributed by atoms with E-state index in [9.17, 15) is 0 Å². The lowest BCUT2D eigenvalue weighted by Gasteiger charge is -2.17. The molecule has 0 radical (unpaired) electrons. The van der Waals surface area contributed by atoms with Crippen molar-refractivity contribution < 1.29 is 4.74 Å². The quantitative estimate of drug-likeness (QED) is 0.453. The van der Waals surface area contributed by atoms with Crippen LogP contribution in [0.2, 0.25) is 5.02 Å². The number of rotatable bonds is 5. The lowest BCUT2D eigenvalue weighted by molar-refractivity contribution is 0.295. The van der Waals surface area contributed by atoms with Crippen molar-refractivity contribution in [3.05, 3.63) is 28.8 Å². The van der Waals surface area contributed by atoms with Crippen molar-refractivity contribution in [2.24, 2.45) is 5.84 Å². The van der Waals surface area contributed by atoms with E-state index >= 15 is 0 Å². The van der Waals surface area contributed by atoms with Crippen LogP contribution in [0.15, 0.2) is 18.2 Å². The molecule has 0 saturated carbocycles. The summed E-state index contributed by atoms with van der Waals surface area (Å²) in [5.74, 6) is 6.07. The predicted octanol–water partition coefficient (Wildman–Crippen LogP) is 1.20. The lowest BCUT2D eigenvalue weighted by Crippen LogP contribution is -2.35. The number of ether oxygens (including phenoxy) is 1. The normalized spacial score (nSPS) is 10.7. The maximum absolute atomic E-state index is 5.92. The van der Waals surface area contributed by atoms with E-state index in [1.54, 1.807) is 7.11 Å². The Morgan fingerprint density at radius 2 is 2.27 bits per heavy atom. The molecule has 15 heavy (non-hydrogen) atoms. The summed E-state index contributed by atoms with van der Waals surface area (Å²) in [4.78, 5) is 2.02. The van der Waals surface area contributed by atoms with E-state index in [1.807, 2.05) is 30.1 Å². The fraction of sp³-hybridized carbons (Fsp3) is 0.400. The third-order valence-electron chi connectivity index (χ3n) is 2.04. The standard InChI is InChI=1S/C10H16ClN3O/c1-14(7-13-12)6-8-5-9(11)3-4-10(8)15-2/h3-5,13H,6-7,12H2,1-2H3. The first kappa shape index (κ1) is 12.3. The number of nitrogens with zero attached hydrogens (tertiary/aromatic N) is 1. The number of hydrogen-bond acceptors (Lipinski definition) is 4. The number of hydrazine groups is 1. The summed E-state index contributed by atoms with van der Waals surface area (Å²) in [7, 11) is 3.61. The Kier molecular flexibility index (Phi) is 4.84. The Morgan fingerprint density at radius 3 is 2.87 bits per heavy atom. The monoisotopic (exact) mass is 229 g/mol. The molecule has 0 heterocycles. The molecule has 0 aliphatic heterocycles. The topological polar surface area (TPSA) is 50.5 Å². The first-order valence-electron chi connectivity index (χ1n) is 4.61. The van der Waals surface area contributed by atoms with Crippen LogP contribution in [0.25, 0.3) is 0 Å². The molecule has 0 spiro atoms. The molecule has 1 aromatic carbocycles. The van der Waals surface area contributed by atoms with Crippen LogP contribution in [-0.2, 0) is 6.54 Å². The highest BCUT2D eigenvalue weighted by atomic mass is 35.5. The van der Waals surface area contributed by atoms with Crippen molar-refractivity contribution in [1.29, 1.82) is 0 Å². The van der Waals surface area contributed by atoms with Gasteiger partial charge in [0.1, 0.15) is 5.75 Å². The van der Waals surface area contributed by atoms with E-state index in [2.05, 4.69) is 5.43 Å². The SMILES string of the molecule is COc1ccc(Cl)cc1CN(C)CNN. The summed E-state index contributed by atoms with van der Waals surface area (Å²) in [5, 5.41) is 0.708. The molecule has 0 amide bonds. The van der Waals surface area contributed by atoms with Crippen molar-refractivity contribution in [3.63, 3.8) is 0 Å². The third kappa shape index (κ3) is 3.68. The highest BCUT2D eigenvalue weighted by Crippen LogP contribution is 2.23. The number of hydrogen-bond donors (Lipinski definition) is 2. The molecular formula is C10H16ClN3O. The Labute approximate surface area is 94.9 Å². The zero-order chi connectivity index (χ0) is 11.3. The van der Waals surface area contributed by atoms with Gasteiger partial charge in [-0.1, -0.05) is 11.6 Å². The average Bonchev–Trinajstić information content (AvgIpc) is 2.18. The summed E-state index contributed by atoms with van der Waals surface area (Å²) in [6, 6.07) is 5.57. The van der Waals surface area contributed by atoms with E-state index in [1.165, 1.54) is 0 Å². The fourth-order valence-electron chi connectivity index (χ4n) is 1.37. The van der Waals surface area contributed by atoms with E-state index in [0.717, 1.165) is 17.9 Å². The Balaban J connectivity index is 2.77. The highest BCUT2D eigenvalue weighted by Gasteiger charge is 2.06. The van der Waals surface area contributed by atoms with Gasteiger partial charge in [0.15, 0.2) is 0 Å². The van der Waals surface area contributed by atoms with Crippen molar-refractivity contribution in [2.75, 3.05) is 20.8 Å². The maximum atomic E-state index is 5.92. The van der Waals surface area contributed by atoms with Crippen LogP contribution < -0.4 is 16.0 Å². The predicted molar refractivity (Wildman–Crippen MR) is 61.7 cm³/mol. The molecule has 0 aliphatic rings. The molecule has 1 aromatic rings. The molecule has 84 valence electrons. The minimum absolute atomic E-state index is 0.607. The first-order valence-corrected chi connectivity index (χ1v) is 4.99. The van der Waals surface area contributed by atoms with Crippen LogP contribution in [0.3, 0.4) is 0 Å².